The van der Waals surface area contributed by atoms with Gasteiger partial charge in [-0.05, 0) is 0 Å². The zero-order chi connectivity index (χ0) is 17.7. The van der Waals surface area contributed by atoms with Crippen molar-refractivity contribution in [1.29, 1.82) is 0 Å². The maximum absolute atomic E-state index is 11.4. The second-order valence-corrected chi connectivity index (χ2v) is 6.30. The van der Waals surface area contributed by atoms with Gasteiger partial charge in [0.15, 0.2) is 18.3 Å². The first-order valence-electron chi connectivity index (χ1n) is 6.94. The summed E-state index contributed by atoms with van der Waals surface area (Å²) < 4.78 is 20.7. The minimum atomic E-state index is -1.09. The van der Waals surface area contributed by atoms with Crippen molar-refractivity contribution in [3.05, 3.63) is 0 Å². The molecule has 23 heavy (non-hydrogen) atoms. The third kappa shape index (κ3) is 5.81. The molecule has 5 atom stereocenters. The minimum Gasteiger partial charge on any atom is -0.458 e. The molecule has 0 radical (unpaired) electrons. The van der Waals surface area contributed by atoms with Crippen LogP contribution in [0.5, 0.6) is 0 Å². The molecular formula is C14H19BrO8. The van der Waals surface area contributed by atoms with Crippen LogP contribution in [0.15, 0.2) is 0 Å². The van der Waals surface area contributed by atoms with E-state index in [1.54, 1.807) is 0 Å². The predicted octanol–water partition coefficient (Wildman–Crippen LogP) is 0.880. The molecule has 0 aromatic rings. The van der Waals surface area contributed by atoms with Gasteiger partial charge >= 0.3 is 23.9 Å². The molecule has 1 rings (SSSR count). The van der Waals surface area contributed by atoms with E-state index < -0.39 is 53.1 Å². The molecule has 0 heterocycles. The minimum absolute atomic E-state index is 0.216. The number of rotatable bonds is 4. The average Bonchev–Trinajstić information content (AvgIpc) is 2.36. The quantitative estimate of drug-likeness (QED) is 0.393. The second kappa shape index (κ2) is 8.28. The van der Waals surface area contributed by atoms with Gasteiger partial charge in [-0.15, -0.1) is 0 Å². The summed E-state index contributed by atoms with van der Waals surface area (Å²) in [7, 11) is 0. The van der Waals surface area contributed by atoms with E-state index in [2.05, 4.69) is 15.9 Å². The number of hydrogen-bond acceptors (Lipinski definition) is 8. The van der Waals surface area contributed by atoms with E-state index >= 15 is 0 Å². The molecule has 8 nitrogen and oxygen atoms in total. The van der Waals surface area contributed by atoms with Gasteiger partial charge in [-0.2, -0.15) is 0 Å². The molecular weight excluding hydrogens is 376 g/mol. The lowest BCUT2D eigenvalue weighted by molar-refractivity contribution is -0.207. The van der Waals surface area contributed by atoms with Crippen LogP contribution in [-0.4, -0.2) is 53.1 Å². The van der Waals surface area contributed by atoms with Crippen molar-refractivity contribution >= 4 is 39.8 Å². The molecule has 0 spiro atoms. The lowest BCUT2D eigenvalue weighted by Crippen LogP contribution is -2.59. The number of carbonyl (C=O) groups excluding carboxylic acids is 4. The topological polar surface area (TPSA) is 105 Å². The van der Waals surface area contributed by atoms with Gasteiger partial charge in [0.2, 0.25) is 0 Å². The van der Waals surface area contributed by atoms with Gasteiger partial charge in [-0.25, -0.2) is 0 Å². The molecule has 0 saturated heterocycles. The predicted molar refractivity (Wildman–Crippen MR) is 79.5 cm³/mol. The average molecular weight is 395 g/mol. The fourth-order valence-corrected chi connectivity index (χ4v) is 3.19. The third-order valence-electron chi connectivity index (χ3n) is 3.05. The van der Waals surface area contributed by atoms with Crippen molar-refractivity contribution in [2.24, 2.45) is 0 Å². The Morgan fingerprint density at radius 3 is 1.52 bits per heavy atom. The van der Waals surface area contributed by atoms with Gasteiger partial charge in [-0.3, -0.25) is 19.2 Å². The Kier molecular flexibility index (Phi) is 6.99. The summed E-state index contributed by atoms with van der Waals surface area (Å²) in [6.07, 6.45) is -3.67. The van der Waals surface area contributed by atoms with Gasteiger partial charge in [0.05, 0.1) is 4.83 Å². The summed E-state index contributed by atoms with van der Waals surface area (Å²) in [5, 5.41) is 0. The van der Waals surface area contributed by atoms with Crippen LogP contribution >= 0.6 is 15.9 Å². The second-order valence-electron chi connectivity index (χ2n) is 5.12. The first kappa shape index (κ1) is 19.4. The number of alkyl halides is 1. The molecule has 1 fully saturated rings. The Morgan fingerprint density at radius 2 is 1.09 bits per heavy atom. The molecule has 1 aliphatic rings. The highest BCUT2D eigenvalue weighted by atomic mass is 79.9. The first-order chi connectivity index (χ1) is 10.6. The number of carbonyl (C=O) groups is 4. The van der Waals surface area contributed by atoms with Crippen molar-refractivity contribution in [2.45, 2.75) is 63.4 Å². The molecule has 1 saturated carbocycles. The fourth-order valence-electron chi connectivity index (χ4n) is 2.42. The highest BCUT2D eigenvalue weighted by molar-refractivity contribution is 9.09. The zero-order valence-corrected chi connectivity index (χ0v) is 14.8. The standard InChI is InChI=1S/C14H19BrO8/c1-6(16)20-11-5-10(15)12(21-7(2)17)14(23-9(4)19)13(11)22-8(3)18/h10-14H,5H2,1-4H3/t10-,11+,12+,13+,14+/m1/s1. The molecule has 0 unspecified atom stereocenters. The van der Waals surface area contributed by atoms with Gasteiger partial charge in [-0.1, -0.05) is 15.9 Å². The van der Waals surface area contributed by atoms with E-state index in [0.29, 0.717) is 0 Å². The Labute approximate surface area is 141 Å². The first-order valence-corrected chi connectivity index (χ1v) is 7.86. The van der Waals surface area contributed by atoms with Gasteiger partial charge in [0, 0.05) is 34.1 Å². The normalized spacial score (nSPS) is 30.0. The number of hydrogen-bond donors (Lipinski definition) is 0. The number of esters is 4. The van der Waals surface area contributed by atoms with E-state index in [1.165, 1.54) is 27.7 Å². The van der Waals surface area contributed by atoms with Crippen LogP contribution in [0.25, 0.3) is 0 Å². The van der Waals surface area contributed by atoms with Crippen LogP contribution in [-0.2, 0) is 38.1 Å². The van der Waals surface area contributed by atoms with Crippen molar-refractivity contribution in [1.82, 2.24) is 0 Å². The molecule has 0 aliphatic heterocycles. The molecule has 0 aromatic heterocycles. The zero-order valence-electron chi connectivity index (χ0n) is 13.2. The van der Waals surface area contributed by atoms with E-state index in [1.807, 2.05) is 0 Å². The Morgan fingerprint density at radius 1 is 0.696 bits per heavy atom. The monoisotopic (exact) mass is 394 g/mol. The van der Waals surface area contributed by atoms with Crippen LogP contribution in [0.3, 0.4) is 0 Å². The Balaban J connectivity index is 3.15. The molecule has 0 amide bonds. The van der Waals surface area contributed by atoms with Crippen LogP contribution < -0.4 is 0 Å². The Hall–Kier alpha value is -1.64. The molecule has 9 heteroatoms. The maximum Gasteiger partial charge on any atom is 0.303 e. The molecule has 0 bridgehead atoms. The SMILES string of the molecule is CC(=O)O[C@H]1[C@@H](OC(C)=O)[C@H](Br)C[C@H](OC(C)=O)[C@@H]1OC(C)=O. The number of ether oxygens (including phenoxy) is 4. The summed E-state index contributed by atoms with van der Waals surface area (Å²) in [6, 6.07) is 0. The summed E-state index contributed by atoms with van der Waals surface area (Å²) in [5.41, 5.74) is 0. The fraction of sp³-hybridized carbons (Fsp3) is 0.714. The molecule has 1 aliphatic carbocycles. The summed E-state index contributed by atoms with van der Waals surface area (Å²) in [6.45, 7) is 4.78. The van der Waals surface area contributed by atoms with Crippen LogP contribution in [0.4, 0.5) is 0 Å². The lowest BCUT2D eigenvalue weighted by Gasteiger charge is -2.42. The van der Waals surface area contributed by atoms with E-state index in [0.717, 1.165) is 0 Å². The summed E-state index contributed by atoms with van der Waals surface area (Å²) >= 11 is 3.34. The summed E-state index contributed by atoms with van der Waals surface area (Å²) in [4.78, 5) is 44.9. The highest BCUT2D eigenvalue weighted by Crippen LogP contribution is 2.34. The van der Waals surface area contributed by atoms with E-state index in [9.17, 15) is 19.2 Å². The van der Waals surface area contributed by atoms with Crippen molar-refractivity contribution in [3.63, 3.8) is 0 Å². The summed E-state index contributed by atoms with van der Waals surface area (Å²) in [5.74, 6) is -2.44. The van der Waals surface area contributed by atoms with Crippen molar-refractivity contribution < 1.29 is 38.1 Å². The van der Waals surface area contributed by atoms with Crippen LogP contribution in [0, 0.1) is 0 Å². The smallest absolute Gasteiger partial charge is 0.303 e. The Bertz CT molecular complexity index is 491. The highest BCUT2D eigenvalue weighted by Gasteiger charge is 2.51. The van der Waals surface area contributed by atoms with Gasteiger partial charge in [0.1, 0.15) is 6.10 Å². The largest absolute Gasteiger partial charge is 0.458 e. The van der Waals surface area contributed by atoms with E-state index in [-0.39, 0.29) is 6.42 Å². The molecule has 130 valence electrons. The van der Waals surface area contributed by atoms with E-state index in [4.69, 9.17) is 18.9 Å². The van der Waals surface area contributed by atoms with Crippen LogP contribution in [0.2, 0.25) is 0 Å². The lowest BCUT2D eigenvalue weighted by atomic mass is 9.88. The maximum atomic E-state index is 11.4. The number of halogens is 1. The van der Waals surface area contributed by atoms with Crippen molar-refractivity contribution in [2.75, 3.05) is 0 Å². The van der Waals surface area contributed by atoms with Gasteiger partial charge < -0.3 is 18.9 Å². The molecule has 0 aromatic carbocycles. The van der Waals surface area contributed by atoms with Crippen LogP contribution in [0.1, 0.15) is 34.1 Å². The molecule has 0 N–H and O–H groups in total. The van der Waals surface area contributed by atoms with Gasteiger partial charge in [0.25, 0.3) is 0 Å². The van der Waals surface area contributed by atoms with Crippen molar-refractivity contribution in [3.8, 4) is 0 Å². The third-order valence-corrected chi connectivity index (χ3v) is 3.95.